The van der Waals surface area contributed by atoms with Crippen molar-refractivity contribution in [2.45, 2.75) is 38.6 Å². The minimum absolute atomic E-state index is 0.541. The smallest absolute Gasteiger partial charge is 0.225 e. The van der Waals surface area contributed by atoms with Crippen LogP contribution in [0.15, 0.2) is 0 Å². The van der Waals surface area contributed by atoms with Crippen molar-refractivity contribution in [3.8, 4) is 0 Å². The lowest BCUT2D eigenvalue weighted by Crippen LogP contribution is -2.06. The van der Waals surface area contributed by atoms with Gasteiger partial charge in [-0.15, -0.1) is 10.2 Å². The molecule has 0 atom stereocenters. The van der Waals surface area contributed by atoms with Crippen LogP contribution < -0.4 is 0 Å². The Hall–Kier alpha value is -0.570. The van der Waals surface area contributed by atoms with E-state index in [4.69, 9.17) is 11.6 Å². The fourth-order valence-electron chi connectivity index (χ4n) is 1.92. The van der Waals surface area contributed by atoms with Crippen LogP contribution >= 0.6 is 11.6 Å². The molecular formula is C8H12ClN3. The molecular weight excluding hydrogens is 174 g/mol. The first-order valence-corrected chi connectivity index (χ1v) is 4.74. The van der Waals surface area contributed by atoms with Crippen LogP contribution in [0.1, 0.15) is 37.5 Å². The number of halogens is 1. The third kappa shape index (κ3) is 1.22. The Morgan fingerprint density at radius 2 is 2.00 bits per heavy atom. The van der Waals surface area contributed by atoms with Gasteiger partial charge >= 0.3 is 0 Å². The molecule has 0 amide bonds. The van der Waals surface area contributed by atoms with Crippen LogP contribution in [-0.2, 0) is 0 Å². The third-order valence-corrected chi connectivity index (χ3v) is 2.77. The number of hydrogen-bond donors (Lipinski definition) is 0. The molecule has 0 N–H and O–H groups in total. The molecule has 1 heterocycles. The van der Waals surface area contributed by atoms with Crippen molar-refractivity contribution in [1.29, 1.82) is 0 Å². The monoisotopic (exact) mass is 185 g/mol. The highest BCUT2D eigenvalue weighted by atomic mass is 35.5. The summed E-state index contributed by atoms with van der Waals surface area (Å²) < 4.78 is 2.05. The fraction of sp³-hybridized carbons (Fsp3) is 0.750. The van der Waals surface area contributed by atoms with Gasteiger partial charge in [0.2, 0.25) is 5.28 Å². The van der Waals surface area contributed by atoms with E-state index in [0.29, 0.717) is 11.3 Å². The van der Waals surface area contributed by atoms with Crippen molar-refractivity contribution in [1.82, 2.24) is 14.8 Å². The predicted octanol–water partition coefficient (Wildman–Crippen LogP) is 2.36. The van der Waals surface area contributed by atoms with E-state index in [1.165, 1.54) is 25.7 Å². The van der Waals surface area contributed by atoms with Crippen LogP contribution in [0.2, 0.25) is 5.28 Å². The Bertz CT molecular complexity index is 256. The van der Waals surface area contributed by atoms with Gasteiger partial charge in [-0.1, -0.05) is 12.8 Å². The average Bonchev–Trinajstić information content (AvgIpc) is 2.61. The Kier molecular flexibility index (Phi) is 2.05. The lowest BCUT2D eigenvalue weighted by Gasteiger charge is -2.12. The second kappa shape index (κ2) is 3.05. The first kappa shape index (κ1) is 8.05. The summed E-state index contributed by atoms with van der Waals surface area (Å²) in [7, 11) is 0. The average molecular weight is 186 g/mol. The first-order chi connectivity index (χ1) is 5.79. The maximum absolute atomic E-state index is 5.91. The van der Waals surface area contributed by atoms with Gasteiger partial charge in [0, 0.05) is 6.04 Å². The van der Waals surface area contributed by atoms with Gasteiger partial charge in [-0.25, -0.2) is 0 Å². The second-order valence-electron chi connectivity index (χ2n) is 3.32. The van der Waals surface area contributed by atoms with Gasteiger partial charge in [0.1, 0.15) is 5.82 Å². The summed E-state index contributed by atoms with van der Waals surface area (Å²) in [4.78, 5) is 0. The summed E-state index contributed by atoms with van der Waals surface area (Å²) in [5, 5.41) is 8.32. The summed E-state index contributed by atoms with van der Waals surface area (Å²) in [6.45, 7) is 1.96. The molecule has 12 heavy (non-hydrogen) atoms. The highest BCUT2D eigenvalue weighted by Gasteiger charge is 2.21. The standard InChI is InChI=1S/C8H12ClN3/c1-6-10-11-8(9)12(6)7-4-2-3-5-7/h7H,2-5H2,1H3. The van der Waals surface area contributed by atoms with Crippen LogP contribution in [0.4, 0.5) is 0 Å². The van der Waals surface area contributed by atoms with Gasteiger partial charge in [0.05, 0.1) is 0 Å². The molecule has 3 nitrogen and oxygen atoms in total. The number of aromatic nitrogens is 3. The molecule has 66 valence electrons. The van der Waals surface area contributed by atoms with E-state index in [1.807, 2.05) is 6.92 Å². The van der Waals surface area contributed by atoms with Crippen LogP contribution in [-0.4, -0.2) is 14.8 Å². The molecule has 1 saturated carbocycles. The van der Waals surface area contributed by atoms with E-state index in [-0.39, 0.29) is 0 Å². The topological polar surface area (TPSA) is 30.7 Å². The number of nitrogens with zero attached hydrogens (tertiary/aromatic N) is 3. The Balaban J connectivity index is 2.30. The molecule has 1 aliphatic rings. The Morgan fingerprint density at radius 1 is 1.33 bits per heavy atom. The lowest BCUT2D eigenvalue weighted by molar-refractivity contribution is 0.506. The van der Waals surface area contributed by atoms with E-state index in [1.54, 1.807) is 0 Å². The summed E-state index contributed by atoms with van der Waals surface area (Å²) in [6.07, 6.45) is 5.05. The van der Waals surface area contributed by atoms with Crippen molar-refractivity contribution in [2.75, 3.05) is 0 Å². The highest BCUT2D eigenvalue weighted by molar-refractivity contribution is 6.28. The van der Waals surface area contributed by atoms with Gasteiger partial charge in [-0.3, -0.25) is 4.57 Å². The van der Waals surface area contributed by atoms with E-state index in [9.17, 15) is 0 Å². The molecule has 0 unspecified atom stereocenters. The molecule has 1 fully saturated rings. The normalized spacial score (nSPS) is 18.8. The van der Waals surface area contributed by atoms with Crippen molar-refractivity contribution in [3.05, 3.63) is 11.1 Å². The summed E-state index contributed by atoms with van der Waals surface area (Å²) in [6, 6.07) is 0.549. The largest absolute Gasteiger partial charge is 0.299 e. The fourth-order valence-corrected chi connectivity index (χ4v) is 2.22. The quantitative estimate of drug-likeness (QED) is 0.673. The molecule has 0 bridgehead atoms. The molecule has 4 heteroatoms. The zero-order valence-electron chi connectivity index (χ0n) is 7.13. The maximum Gasteiger partial charge on any atom is 0.225 e. The first-order valence-electron chi connectivity index (χ1n) is 4.36. The maximum atomic E-state index is 5.91. The van der Waals surface area contributed by atoms with Gasteiger partial charge in [0.15, 0.2) is 0 Å². The van der Waals surface area contributed by atoms with Crippen LogP contribution in [0.3, 0.4) is 0 Å². The van der Waals surface area contributed by atoms with Crippen LogP contribution in [0.25, 0.3) is 0 Å². The molecule has 0 aliphatic heterocycles. The summed E-state index contributed by atoms with van der Waals surface area (Å²) in [5.74, 6) is 0.937. The van der Waals surface area contributed by atoms with Crippen molar-refractivity contribution in [2.24, 2.45) is 0 Å². The minimum Gasteiger partial charge on any atom is -0.299 e. The van der Waals surface area contributed by atoms with Gasteiger partial charge in [-0.05, 0) is 31.4 Å². The summed E-state index contributed by atoms with van der Waals surface area (Å²) >= 11 is 5.91. The lowest BCUT2D eigenvalue weighted by atomic mass is 10.2. The van der Waals surface area contributed by atoms with E-state index >= 15 is 0 Å². The van der Waals surface area contributed by atoms with Gasteiger partial charge in [0.25, 0.3) is 0 Å². The SMILES string of the molecule is Cc1nnc(Cl)n1C1CCCC1. The molecule has 0 saturated heterocycles. The van der Waals surface area contributed by atoms with Crippen molar-refractivity contribution in [3.63, 3.8) is 0 Å². The number of rotatable bonds is 1. The molecule has 0 aromatic carbocycles. The van der Waals surface area contributed by atoms with E-state index < -0.39 is 0 Å². The molecule has 2 rings (SSSR count). The van der Waals surface area contributed by atoms with Crippen LogP contribution in [0, 0.1) is 6.92 Å². The number of hydrogen-bond acceptors (Lipinski definition) is 2. The Labute approximate surface area is 76.7 Å². The van der Waals surface area contributed by atoms with Gasteiger partial charge in [-0.2, -0.15) is 0 Å². The predicted molar refractivity (Wildman–Crippen MR) is 47.3 cm³/mol. The zero-order valence-corrected chi connectivity index (χ0v) is 7.88. The van der Waals surface area contributed by atoms with Crippen molar-refractivity contribution < 1.29 is 0 Å². The Morgan fingerprint density at radius 3 is 2.50 bits per heavy atom. The molecule has 1 aromatic rings. The summed E-state index contributed by atoms with van der Waals surface area (Å²) in [5.41, 5.74) is 0. The number of aryl methyl sites for hydroxylation is 1. The molecule has 1 aromatic heterocycles. The second-order valence-corrected chi connectivity index (χ2v) is 3.66. The van der Waals surface area contributed by atoms with Crippen molar-refractivity contribution >= 4 is 11.6 Å². The molecule has 0 spiro atoms. The molecule has 0 radical (unpaired) electrons. The highest BCUT2D eigenvalue weighted by Crippen LogP contribution is 2.31. The van der Waals surface area contributed by atoms with E-state index in [0.717, 1.165) is 5.82 Å². The van der Waals surface area contributed by atoms with Crippen LogP contribution in [0.5, 0.6) is 0 Å². The van der Waals surface area contributed by atoms with Gasteiger partial charge < -0.3 is 0 Å². The minimum atomic E-state index is 0.541. The van der Waals surface area contributed by atoms with E-state index in [2.05, 4.69) is 14.8 Å². The third-order valence-electron chi connectivity index (χ3n) is 2.51. The molecule has 1 aliphatic carbocycles. The zero-order chi connectivity index (χ0) is 8.55.